The van der Waals surface area contributed by atoms with Gasteiger partial charge < -0.3 is 20.1 Å². The third-order valence-electron chi connectivity index (χ3n) is 3.70. The van der Waals surface area contributed by atoms with Gasteiger partial charge in [-0.3, -0.25) is 9.48 Å². The van der Waals surface area contributed by atoms with E-state index in [0.717, 1.165) is 22.3 Å². The summed E-state index contributed by atoms with van der Waals surface area (Å²) >= 11 is 0.884. The Morgan fingerprint density at radius 3 is 2.38 bits per heavy atom. The van der Waals surface area contributed by atoms with Gasteiger partial charge in [0, 0.05) is 11.5 Å². The van der Waals surface area contributed by atoms with E-state index in [1.54, 1.807) is 34.6 Å². The van der Waals surface area contributed by atoms with Crippen LogP contribution in [-0.4, -0.2) is 55.9 Å². The Kier molecular flexibility index (Phi) is 7.37. The van der Waals surface area contributed by atoms with Crippen LogP contribution >= 0.6 is 11.5 Å². The summed E-state index contributed by atoms with van der Waals surface area (Å²) in [4.78, 5) is 28.0. The Bertz CT molecular complexity index is 965. The number of nitrogens with one attached hydrogen (secondary N) is 2. The molecular weight excluding hydrogens is 453 g/mol. The second-order valence-corrected chi connectivity index (χ2v) is 9.16. The van der Waals surface area contributed by atoms with Crippen molar-refractivity contribution in [2.24, 2.45) is 0 Å². The van der Waals surface area contributed by atoms with Crippen LogP contribution in [0.15, 0.2) is 6.07 Å². The second-order valence-electron chi connectivity index (χ2n) is 8.45. The molecule has 0 aliphatic carbocycles. The van der Waals surface area contributed by atoms with Crippen molar-refractivity contribution in [2.75, 3.05) is 13.7 Å². The lowest BCUT2D eigenvalue weighted by molar-refractivity contribution is -0.141. The van der Waals surface area contributed by atoms with Gasteiger partial charge in [-0.1, -0.05) is 0 Å². The van der Waals surface area contributed by atoms with Crippen molar-refractivity contribution in [3.8, 4) is 16.7 Å². The SMILES string of the molecule is COc1nc(-c2cc(C(F)(F)F)nn2CC(C)(C)NC(=O)CNC(=O)OC(C)(C)C)ns1. The van der Waals surface area contributed by atoms with Crippen LogP contribution in [0.25, 0.3) is 11.5 Å². The summed E-state index contributed by atoms with van der Waals surface area (Å²) in [6.07, 6.45) is -5.44. The molecule has 178 valence electrons. The highest BCUT2D eigenvalue weighted by Gasteiger charge is 2.36. The molecule has 0 radical (unpaired) electrons. The number of amides is 2. The number of methoxy groups -OCH3 is 1. The van der Waals surface area contributed by atoms with Crippen LogP contribution in [0.4, 0.5) is 18.0 Å². The third kappa shape index (κ3) is 7.35. The predicted molar refractivity (Wildman–Crippen MR) is 109 cm³/mol. The fraction of sp³-hybridized carbons (Fsp3) is 0.611. The summed E-state index contributed by atoms with van der Waals surface area (Å²) in [7, 11) is 1.37. The van der Waals surface area contributed by atoms with Gasteiger partial charge in [-0.2, -0.15) is 27.6 Å². The van der Waals surface area contributed by atoms with E-state index in [1.807, 2.05) is 0 Å². The van der Waals surface area contributed by atoms with Crippen LogP contribution in [0.2, 0.25) is 0 Å². The summed E-state index contributed by atoms with van der Waals surface area (Å²) in [6, 6.07) is 0.837. The Hall–Kier alpha value is -2.90. The fourth-order valence-corrected chi connectivity index (χ4v) is 3.06. The second kappa shape index (κ2) is 9.30. The van der Waals surface area contributed by atoms with E-state index < -0.39 is 35.0 Å². The molecule has 10 nitrogen and oxygen atoms in total. The number of rotatable bonds is 7. The number of carbonyl (C=O) groups excluding carboxylic acids is 2. The first-order chi connectivity index (χ1) is 14.6. The lowest BCUT2D eigenvalue weighted by atomic mass is 10.1. The molecule has 2 rings (SSSR count). The van der Waals surface area contributed by atoms with Crippen LogP contribution in [0.1, 0.15) is 40.3 Å². The number of ether oxygens (including phenoxy) is 2. The summed E-state index contributed by atoms with van der Waals surface area (Å²) in [5.74, 6) is -0.539. The van der Waals surface area contributed by atoms with E-state index in [0.29, 0.717) is 0 Å². The molecule has 0 aliphatic heterocycles. The topological polar surface area (TPSA) is 120 Å². The molecule has 2 aromatic heterocycles. The van der Waals surface area contributed by atoms with E-state index in [-0.39, 0.29) is 29.8 Å². The predicted octanol–water partition coefficient (Wildman–Crippen LogP) is 2.85. The number of nitrogens with zero attached hydrogens (tertiary/aromatic N) is 4. The first kappa shape index (κ1) is 25.4. The summed E-state index contributed by atoms with van der Waals surface area (Å²) in [6.45, 7) is 7.75. The minimum absolute atomic E-state index is 0.0172. The quantitative estimate of drug-likeness (QED) is 0.628. The largest absolute Gasteiger partial charge is 0.472 e. The van der Waals surface area contributed by atoms with Gasteiger partial charge in [0.2, 0.25) is 5.91 Å². The van der Waals surface area contributed by atoms with Gasteiger partial charge in [0.25, 0.3) is 5.19 Å². The Morgan fingerprint density at radius 2 is 1.84 bits per heavy atom. The highest BCUT2D eigenvalue weighted by atomic mass is 32.1. The van der Waals surface area contributed by atoms with Crippen molar-refractivity contribution in [1.82, 2.24) is 29.8 Å². The molecule has 0 saturated heterocycles. The van der Waals surface area contributed by atoms with Crippen LogP contribution in [0.3, 0.4) is 0 Å². The molecule has 0 aromatic carbocycles. The van der Waals surface area contributed by atoms with Crippen molar-refractivity contribution >= 4 is 23.5 Å². The highest BCUT2D eigenvalue weighted by molar-refractivity contribution is 7.07. The van der Waals surface area contributed by atoms with Crippen molar-refractivity contribution in [1.29, 1.82) is 0 Å². The molecule has 0 aliphatic rings. The van der Waals surface area contributed by atoms with Gasteiger partial charge in [0.1, 0.15) is 17.8 Å². The molecule has 0 unspecified atom stereocenters. The zero-order valence-electron chi connectivity index (χ0n) is 18.5. The van der Waals surface area contributed by atoms with E-state index >= 15 is 0 Å². The molecule has 0 saturated carbocycles. The van der Waals surface area contributed by atoms with E-state index in [9.17, 15) is 22.8 Å². The maximum absolute atomic E-state index is 13.2. The van der Waals surface area contributed by atoms with E-state index in [2.05, 4.69) is 25.1 Å². The highest BCUT2D eigenvalue weighted by Crippen LogP contribution is 2.32. The number of aromatic nitrogens is 4. The zero-order valence-corrected chi connectivity index (χ0v) is 19.3. The number of alkyl carbamates (subject to hydrolysis) is 1. The molecule has 32 heavy (non-hydrogen) atoms. The number of hydrogen-bond donors (Lipinski definition) is 2. The Balaban J connectivity index is 2.14. The molecule has 2 amide bonds. The average Bonchev–Trinajstić information content (AvgIpc) is 3.23. The standard InChI is InChI=1S/C18H25F3N6O4S/c1-16(2,3)31-14(29)22-8-12(28)24-17(4,5)9-27-10(7-11(25-27)18(19,20)21)13-23-15(30-6)32-26-13/h7H,8-9H2,1-6H3,(H,22,29)(H,24,28). The van der Waals surface area contributed by atoms with Crippen molar-refractivity contribution in [3.63, 3.8) is 0 Å². The first-order valence-electron chi connectivity index (χ1n) is 9.40. The number of carbonyl (C=O) groups is 2. The minimum Gasteiger partial charge on any atom is -0.472 e. The fourth-order valence-electron chi connectivity index (χ4n) is 2.55. The lowest BCUT2D eigenvalue weighted by Gasteiger charge is -2.27. The lowest BCUT2D eigenvalue weighted by Crippen LogP contribution is -2.50. The number of alkyl halides is 3. The minimum atomic E-state index is -4.68. The Labute approximate surface area is 186 Å². The van der Waals surface area contributed by atoms with Gasteiger partial charge in [-0.15, -0.1) is 0 Å². The molecule has 0 spiro atoms. The van der Waals surface area contributed by atoms with Crippen molar-refractivity contribution in [3.05, 3.63) is 11.8 Å². The maximum atomic E-state index is 13.2. The average molecular weight is 478 g/mol. The summed E-state index contributed by atoms with van der Waals surface area (Å²) < 4.78 is 54.8. The maximum Gasteiger partial charge on any atom is 0.435 e. The molecule has 0 bridgehead atoms. The van der Waals surface area contributed by atoms with Crippen LogP contribution in [0.5, 0.6) is 5.19 Å². The van der Waals surface area contributed by atoms with Crippen LogP contribution in [0, 0.1) is 0 Å². The smallest absolute Gasteiger partial charge is 0.435 e. The van der Waals surface area contributed by atoms with Crippen molar-refractivity contribution < 1.29 is 32.2 Å². The zero-order chi connectivity index (χ0) is 24.3. The van der Waals surface area contributed by atoms with Gasteiger partial charge in [0.05, 0.1) is 19.2 Å². The summed E-state index contributed by atoms with van der Waals surface area (Å²) in [5, 5.41) is 8.79. The molecular formula is C18H25F3N6O4S. The van der Waals surface area contributed by atoms with E-state index in [4.69, 9.17) is 9.47 Å². The molecule has 14 heteroatoms. The molecule has 2 heterocycles. The monoisotopic (exact) mass is 478 g/mol. The molecule has 2 N–H and O–H groups in total. The van der Waals surface area contributed by atoms with Gasteiger partial charge in [-0.05, 0) is 40.7 Å². The Morgan fingerprint density at radius 1 is 1.19 bits per heavy atom. The van der Waals surface area contributed by atoms with E-state index in [1.165, 1.54) is 7.11 Å². The summed E-state index contributed by atoms with van der Waals surface area (Å²) in [5.41, 5.74) is -2.85. The first-order valence-corrected chi connectivity index (χ1v) is 10.2. The number of hydrogen-bond acceptors (Lipinski definition) is 8. The molecule has 0 atom stereocenters. The normalized spacial score (nSPS) is 12.4. The van der Waals surface area contributed by atoms with Crippen molar-refractivity contribution in [2.45, 2.75) is 58.5 Å². The molecule has 2 aromatic rings. The van der Waals surface area contributed by atoms with Gasteiger partial charge in [-0.25, -0.2) is 4.79 Å². The van der Waals surface area contributed by atoms with Crippen LogP contribution < -0.4 is 15.4 Å². The van der Waals surface area contributed by atoms with Crippen LogP contribution in [-0.2, 0) is 22.3 Å². The molecule has 0 fully saturated rings. The van der Waals surface area contributed by atoms with Gasteiger partial charge in [0.15, 0.2) is 11.5 Å². The number of halogens is 3. The third-order valence-corrected chi connectivity index (χ3v) is 4.37. The van der Waals surface area contributed by atoms with Gasteiger partial charge >= 0.3 is 12.3 Å².